The smallest absolute Gasteiger partial charge is 0.310 e. The van der Waals surface area contributed by atoms with Crippen molar-refractivity contribution in [3.63, 3.8) is 0 Å². The molecule has 0 fully saturated rings. The molecule has 6 nitrogen and oxygen atoms in total. The molecular weight excluding hydrogens is 258 g/mol. The van der Waals surface area contributed by atoms with E-state index in [0.29, 0.717) is 13.0 Å². The Morgan fingerprint density at radius 2 is 2.00 bits per heavy atom. The normalized spacial score (nSPS) is 12.1. The SMILES string of the molecule is COC(=O)C(C)CN(C)C(=O)Cc1c(C)nn(C)c1C. The number of methoxy groups -OCH3 is 1. The summed E-state index contributed by atoms with van der Waals surface area (Å²) in [5.74, 6) is -0.664. The number of aryl methyl sites for hydroxylation is 2. The zero-order valence-corrected chi connectivity index (χ0v) is 13.1. The van der Waals surface area contributed by atoms with Crippen LogP contribution in [0.2, 0.25) is 0 Å². The van der Waals surface area contributed by atoms with E-state index >= 15 is 0 Å². The minimum atomic E-state index is -0.329. The third-order valence-electron chi connectivity index (χ3n) is 3.56. The van der Waals surface area contributed by atoms with Gasteiger partial charge in [0.05, 0.1) is 25.1 Å². The van der Waals surface area contributed by atoms with E-state index in [2.05, 4.69) is 9.84 Å². The topological polar surface area (TPSA) is 64.4 Å². The summed E-state index contributed by atoms with van der Waals surface area (Å²) in [5.41, 5.74) is 2.81. The number of nitrogens with zero attached hydrogens (tertiary/aromatic N) is 3. The minimum Gasteiger partial charge on any atom is -0.469 e. The van der Waals surface area contributed by atoms with Crippen LogP contribution in [0.25, 0.3) is 0 Å². The molecule has 0 aromatic carbocycles. The molecule has 6 heteroatoms. The Morgan fingerprint density at radius 1 is 1.40 bits per heavy atom. The molecule has 112 valence electrons. The first-order valence-corrected chi connectivity index (χ1v) is 6.58. The van der Waals surface area contributed by atoms with Crippen LogP contribution >= 0.6 is 0 Å². The van der Waals surface area contributed by atoms with E-state index in [1.54, 1.807) is 23.6 Å². The molecule has 0 spiro atoms. The van der Waals surface area contributed by atoms with Crippen molar-refractivity contribution in [2.75, 3.05) is 20.7 Å². The van der Waals surface area contributed by atoms with Crippen LogP contribution in [0.15, 0.2) is 0 Å². The van der Waals surface area contributed by atoms with Crippen LogP contribution in [-0.4, -0.2) is 47.3 Å². The summed E-state index contributed by atoms with van der Waals surface area (Å²) in [6, 6.07) is 0. The largest absolute Gasteiger partial charge is 0.469 e. The highest BCUT2D eigenvalue weighted by Crippen LogP contribution is 2.14. The molecule has 1 aromatic heterocycles. The number of carbonyl (C=O) groups excluding carboxylic acids is 2. The van der Waals surface area contributed by atoms with E-state index in [0.717, 1.165) is 17.0 Å². The second-order valence-electron chi connectivity index (χ2n) is 5.15. The molecule has 0 aliphatic carbocycles. The van der Waals surface area contributed by atoms with E-state index in [-0.39, 0.29) is 17.8 Å². The number of rotatable bonds is 5. The van der Waals surface area contributed by atoms with Crippen LogP contribution in [0.5, 0.6) is 0 Å². The zero-order valence-electron chi connectivity index (χ0n) is 13.1. The van der Waals surface area contributed by atoms with Crippen LogP contribution < -0.4 is 0 Å². The van der Waals surface area contributed by atoms with Crippen LogP contribution in [0.1, 0.15) is 23.9 Å². The van der Waals surface area contributed by atoms with Crippen LogP contribution in [0, 0.1) is 19.8 Å². The van der Waals surface area contributed by atoms with Gasteiger partial charge in [0, 0.05) is 31.9 Å². The number of hydrogen-bond acceptors (Lipinski definition) is 4. The molecule has 1 rings (SSSR count). The third-order valence-corrected chi connectivity index (χ3v) is 3.56. The molecule has 0 radical (unpaired) electrons. The van der Waals surface area contributed by atoms with Gasteiger partial charge in [0.15, 0.2) is 0 Å². The fourth-order valence-electron chi connectivity index (χ4n) is 2.15. The van der Waals surface area contributed by atoms with Crippen molar-refractivity contribution in [1.82, 2.24) is 14.7 Å². The Hall–Kier alpha value is -1.85. The lowest BCUT2D eigenvalue weighted by Gasteiger charge is -2.20. The summed E-state index contributed by atoms with van der Waals surface area (Å²) in [6.07, 6.45) is 0.301. The third kappa shape index (κ3) is 3.59. The Labute approximate surface area is 119 Å². The molecule has 0 saturated carbocycles. The van der Waals surface area contributed by atoms with Crippen molar-refractivity contribution >= 4 is 11.9 Å². The average molecular weight is 281 g/mol. The van der Waals surface area contributed by atoms with E-state index in [4.69, 9.17) is 0 Å². The van der Waals surface area contributed by atoms with Gasteiger partial charge < -0.3 is 9.64 Å². The molecular formula is C14H23N3O3. The number of aromatic nitrogens is 2. The molecule has 1 atom stereocenters. The molecule has 0 aliphatic heterocycles. The summed E-state index contributed by atoms with van der Waals surface area (Å²) in [7, 11) is 4.91. The summed E-state index contributed by atoms with van der Waals surface area (Å²) >= 11 is 0. The summed E-state index contributed by atoms with van der Waals surface area (Å²) in [6.45, 7) is 5.94. The van der Waals surface area contributed by atoms with Gasteiger partial charge in [-0.1, -0.05) is 6.92 Å². The van der Waals surface area contributed by atoms with Gasteiger partial charge in [0.1, 0.15) is 0 Å². The lowest BCUT2D eigenvalue weighted by Crippen LogP contribution is -2.35. The van der Waals surface area contributed by atoms with Gasteiger partial charge in [0.2, 0.25) is 5.91 Å². The fourth-order valence-corrected chi connectivity index (χ4v) is 2.15. The van der Waals surface area contributed by atoms with Gasteiger partial charge >= 0.3 is 5.97 Å². The number of ether oxygens (including phenoxy) is 1. The molecule has 20 heavy (non-hydrogen) atoms. The summed E-state index contributed by atoms with van der Waals surface area (Å²) in [5, 5.41) is 4.30. The predicted octanol–water partition coefficient (Wildman–Crippen LogP) is 0.847. The van der Waals surface area contributed by atoms with Gasteiger partial charge in [-0.2, -0.15) is 5.10 Å². The van der Waals surface area contributed by atoms with Crippen LogP contribution in [0.4, 0.5) is 0 Å². The zero-order chi connectivity index (χ0) is 15.4. The van der Waals surface area contributed by atoms with Crippen molar-refractivity contribution in [2.24, 2.45) is 13.0 Å². The Balaban J connectivity index is 2.69. The van der Waals surface area contributed by atoms with Crippen molar-refractivity contribution in [1.29, 1.82) is 0 Å². The fraction of sp³-hybridized carbons (Fsp3) is 0.643. The second kappa shape index (κ2) is 6.54. The first kappa shape index (κ1) is 16.2. The molecule has 0 bridgehead atoms. The minimum absolute atomic E-state index is 0.0278. The van der Waals surface area contributed by atoms with Gasteiger partial charge in [-0.25, -0.2) is 0 Å². The van der Waals surface area contributed by atoms with Crippen LogP contribution in [-0.2, 0) is 27.8 Å². The highest BCUT2D eigenvalue weighted by Gasteiger charge is 2.20. The monoisotopic (exact) mass is 281 g/mol. The van der Waals surface area contributed by atoms with E-state index in [9.17, 15) is 9.59 Å². The molecule has 1 unspecified atom stereocenters. The van der Waals surface area contributed by atoms with Gasteiger partial charge in [-0.05, 0) is 13.8 Å². The van der Waals surface area contributed by atoms with E-state index < -0.39 is 0 Å². The first-order chi connectivity index (χ1) is 9.27. The maximum atomic E-state index is 12.2. The average Bonchev–Trinajstić information content (AvgIpc) is 2.64. The quantitative estimate of drug-likeness (QED) is 0.750. The second-order valence-corrected chi connectivity index (χ2v) is 5.15. The lowest BCUT2D eigenvalue weighted by molar-refractivity contribution is -0.146. The molecule has 0 saturated heterocycles. The van der Waals surface area contributed by atoms with E-state index in [1.807, 2.05) is 20.9 Å². The number of hydrogen-bond donors (Lipinski definition) is 0. The molecule has 0 aliphatic rings. The first-order valence-electron chi connectivity index (χ1n) is 6.58. The predicted molar refractivity (Wildman–Crippen MR) is 75.2 cm³/mol. The number of amides is 1. The maximum absolute atomic E-state index is 12.2. The van der Waals surface area contributed by atoms with Crippen molar-refractivity contribution in [3.8, 4) is 0 Å². The number of esters is 1. The highest BCUT2D eigenvalue weighted by atomic mass is 16.5. The summed E-state index contributed by atoms with van der Waals surface area (Å²) < 4.78 is 6.44. The van der Waals surface area contributed by atoms with Gasteiger partial charge in [-0.3, -0.25) is 14.3 Å². The highest BCUT2D eigenvalue weighted by molar-refractivity contribution is 5.80. The number of likely N-dealkylation sites (N-methyl/N-ethyl adjacent to an activating group) is 1. The molecule has 1 aromatic rings. The Morgan fingerprint density at radius 3 is 2.45 bits per heavy atom. The Bertz CT molecular complexity index is 508. The number of carbonyl (C=O) groups is 2. The maximum Gasteiger partial charge on any atom is 0.310 e. The molecule has 1 heterocycles. The summed E-state index contributed by atoms with van der Waals surface area (Å²) in [4.78, 5) is 25.1. The molecule has 1 amide bonds. The van der Waals surface area contributed by atoms with Crippen molar-refractivity contribution < 1.29 is 14.3 Å². The van der Waals surface area contributed by atoms with E-state index in [1.165, 1.54) is 7.11 Å². The van der Waals surface area contributed by atoms with Crippen LogP contribution in [0.3, 0.4) is 0 Å². The Kier molecular flexibility index (Phi) is 5.30. The van der Waals surface area contributed by atoms with Gasteiger partial charge in [-0.15, -0.1) is 0 Å². The standard InChI is InChI=1S/C14H23N3O3/c1-9(14(19)20-6)8-16(4)13(18)7-12-10(2)15-17(5)11(12)3/h9H,7-8H2,1-6H3. The van der Waals surface area contributed by atoms with Gasteiger partial charge in [0.25, 0.3) is 0 Å². The molecule has 0 N–H and O–H groups in total. The van der Waals surface area contributed by atoms with Crippen molar-refractivity contribution in [2.45, 2.75) is 27.2 Å². The van der Waals surface area contributed by atoms with Crippen molar-refractivity contribution in [3.05, 3.63) is 17.0 Å². The lowest BCUT2D eigenvalue weighted by atomic mass is 10.1.